The van der Waals surface area contributed by atoms with Gasteiger partial charge in [-0.15, -0.1) is 10.2 Å². The molecule has 1 aromatic carbocycles. The first-order chi connectivity index (χ1) is 8.66. The highest BCUT2D eigenvalue weighted by atomic mass is 19.1. The predicted octanol–water partition coefficient (Wildman–Crippen LogP) is 2.33. The summed E-state index contributed by atoms with van der Waals surface area (Å²) in [5.74, 6) is -0.216. The minimum Gasteiger partial charge on any atom is -0.310 e. The van der Waals surface area contributed by atoms with Gasteiger partial charge in [0.25, 0.3) is 5.69 Å². The molecule has 0 bridgehead atoms. The number of benzene rings is 1. The molecule has 0 unspecified atom stereocenters. The molecule has 0 spiro atoms. The third-order valence-electron chi connectivity index (χ3n) is 2.91. The maximum Gasteiger partial charge on any atom is 0.283 e. The smallest absolute Gasteiger partial charge is 0.283 e. The van der Waals surface area contributed by atoms with Crippen molar-refractivity contribution in [3.05, 3.63) is 40.5 Å². The molecule has 6 nitrogen and oxygen atoms in total. The van der Waals surface area contributed by atoms with Gasteiger partial charge in [-0.25, -0.2) is 4.39 Å². The fourth-order valence-electron chi connectivity index (χ4n) is 1.90. The van der Waals surface area contributed by atoms with E-state index in [1.807, 2.05) is 0 Å². The molecule has 1 fully saturated rings. The number of nitro groups is 1. The van der Waals surface area contributed by atoms with Gasteiger partial charge in [0, 0.05) is 6.04 Å². The Morgan fingerprint density at radius 2 is 2.22 bits per heavy atom. The van der Waals surface area contributed by atoms with Gasteiger partial charge in [-0.1, -0.05) is 0 Å². The van der Waals surface area contributed by atoms with E-state index in [4.69, 9.17) is 0 Å². The van der Waals surface area contributed by atoms with E-state index in [1.54, 1.807) is 10.9 Å². The summed E-state index contributed by atoms with van der Waals surface area (Å²) in [6, 6.07) is 3.77. The SMILES string of the molecule is O=[N+]([O-])c1cc(F)ccc1-c1nncn1C1CC1. The molecule has 1 aliphatic carbocycles. The van der Waals surface area contributed by atoms with E-state index in [0.29, 0.717) is 17.4 Å². The minimum atomic E-state index is -0.636. The van der Waals surface area contributed by atoms with E-state index in [-0.39, 0.29) is 5.69 Å². The van der Waals surface area contributed by atoms with Crippen molar-refractivity contribution in [1.29, 1.82) is 0 Å². The van der Waals surface area contributed by atoms with Gasteiger partial charge in [0.1, 0.15) is 12.1 Å². The van der Waals surface area contributed by atoms with Crippen molar-refractivity contribution in [1.82, 2.24) is 14.8 Å². The lowest BCUT2D eigenvalue weighted by molar-refractivity contribution is -0.384. The monoisotopic (exact) mass is 248 g/mol. The summed E-state index contributed by atoms with van der Waals surface area (Å²) in [5.41, 5.74) is 0.00991. The molecule has 3 rings (SSSR count). The van der Waals surface area contributed by atoms with E-state index in [9.17, 15) is 14.5 Å². The van der Waals surface area contributed by atoms with Gasteiger partial charge in [-0.05, 0) is 25.0 Å². The minimum absolute atomic E-state index is 0.287. The van der Waals surface area contributed by atoms with E-state index < -0.39 is 10.7 Å². The van der Waals surface area contributed by atoms with Gasteiger partial charge >= 0.3 is 0 Å². The molecule has 1 aromatic heterocycles. The Bertz CT molecular complexity index is 621. The van der Waals surface area contributed by atoms with Crippen molar-refractivity contribution < 1.29 is 9.31 Å². The number of nitro benzene ring substituents is 1. The Morgan fingerprint density at radius 1 is 1.44 bits per heavy atom. The lowest BCUT2D eigenvalue weighted by Gasteiger charge is -2.05. The molecule has 0 amide bonds. The van der Waals surface area contributed by atoms with E-state index >= 15 is 0 Å². The fraction of sp³-hybridized carbons (Fsp3) is 0.273. The highest BCUT2D eigenvalue weighted by Gasteiger charge is 2.29. The molecule has 0 radical (unpaired) electrons. The second kappa shape index (κ2) is 3.86. The molecule has 1 saturated carbocycles. The molecule has 18 heavy (non-hydrogen) atoms. The van der Waals surface area contributed by atoms with E-state index in [1.165, 1.54) is 12.1 Å². The average Bonchev–Trinajstić information content (AvgIpc) is 3.07. The van der Waals surface area contributed by atoms with Crippen LogP contribution in [0.25, 0.3) is 11.4 Å². The number of aromatic nitrogens is 3. The first-order valence-electron chi connectivity index (χ1n) is 5.50. The van der Waals surface area contributed by atoms with Crippen LogP contribution in [0.15, 0.2) is 24.5 Å². The predicted molar refractivity (Wildman–Crippen MR) is 60.3 cm³/mol. The molecular weight excluding hydrogens is 239 g/mol. The van der Waals surface area contributed by atoms with Crippen molar-refractivity contribution in [3.8, 4) is 11.4 Å². The molecule has 1 heterocycles. The van der Waals surface area contributed by atoms with Gasteiger partial charge in [-0.3, -0.25) is 10.1 Å². The second-order valence-corrected chi connectivity index (χ2v) is 4.21. The first-order valence-corrected chi connectivity index (χ1v) is 5.50. The lowest BCUT2D eigenvalue weighted by Crippen LogP contribution is -2.00. The number of rotatable bonds is 3. The summed E-state index contributed by atoms with van der Waals surface area (Å²) < 4.78 is 14.9. The number of hydrogen-bond donors (Lipinski definition) is 0. The zero-order valence-electron chi connectivity index (χ0n) is 9.28. The van der Waals surface area contributed by atoms with Gasteiger partial charge < -0.3 is 4.57 Å². The van der Waals surface area contributed by atoms with Crippen molar-refractivity contribution >= 4 is 5.69 Å². The number of hydrogen-bond acceptors (Lipinski definition) is 4. The van der Waals surface area contributed by atoms with E-state index in [2.05, 4.69) is 10.2 Å². The second-order valence-electron chi connectivity index (χ2n) is 4.21. The molecular formula is C11H9FN4O2. The Labute approximate surface area is 101 Å². The van der Waals surface area contributed by atoms with Crippen molar-refractivity contribution in [2.75, 3.05) is 0 Å². The van der Waals surface area contributed by atoms with Crippen LogP contribution in [0.2, 0.25) is 0 Å². The molecule has 1 aliphatic rings. The largest absolute Gasteiger partial charge is 0.310 e. The van der Waals surface area contributed by atoms with Gasteiger partial charge in [0.15, 0.2) is 5.82 Å². The molecule has 2 aromatic rings. The highest BCUT2D eigenvalue weighted by molar-refractivity contribution is 5.68. The topological polar surface area (TPSA) is 73.8 Å². The standard InChI is InChI=1S/C11H9FN4O2/c12-7-1-4-9(10(5-7)16(17)18)11-14-13-6-15(11)8-2-3-8/h1,4-6,8H,2-3H2. The Kier molecular flexibility index (Phi) is 2.32. The quantitative estimate of drug-likeness (QED) is 0.617. The Hall–Kier alpha value is -2.31. The van der Waals surface area contributed by atoms with Crippen LogP contribution in [0.5, 0.6) is 0 Å². The van der Waals surface area contributed by atoms with Crippen molar-refractivity contribution in [3.63, 3.8) is 0 Å². The zero-order chi connectivity index (χ0) is 12.7. The van der Waals surface area contributed by atoms with Crippen LogP contribution in [-0.2, 0) is 0 Å². The van der Waals surface area contributed by atoms with Gasteiger partial charge in [0.05, 0.1) is 16.6 Å². The Balaban J connectivity index is 2.15. The third kappa shape index (κ3) is 1.73. The molecule has 0 N–H and O–H groups in total. The summed E-state index contributed by atoms with van der Waals surface area (Å²) in [4.78, 5) is 10.3. The fourth-order valence-corrected chi connectivity index (χ4v) is 1.90. The summed E-state index contributed by atoms with van der Waals surface area (Å²) in [7, 11) is 0. The molecule has 92 valence electrons. The van der Waals surface area contributed by atoms with Crippen LogP contribution in [0, 0.1) is 15.9 Å². The average molecular weight is 248 g/mol. The van der Waals surface area contributed by atoms with Crippen LogP contribution >= 0.6 is 0 Å². The zero-order valence-corrected chi connectivity index (χ0v) is 9.28. The van der Waals surface area contributed by atoms with Crippen LogP contribution in [0.4, 0.5) is 10.1 Å². The highest BCUT2D eigenvalue weighted by Crippen LogP contribution is 2.39. The summed E-state index contributed by atoms with van der Waals surface area (Å²) in [6.07, 6.45) is 3.58. The Morgan fingerprint density at radius 3 is 2.89 bits per heavy atom. The number of nitrogens with zero attached hydrogens (tertiary/aromatic N) is 4. The van der Waals surface area contributed by atoms with Gasteiger partial charge in [0.2, 0.25) is 0 Å². The normalized spacial score (nSPS) is 14.7. The van der Waals surface area contributed by atoms with Crippen LogP contribution in [-0.4, -0.2) is 19.7 Å². The number of halogens is 1. The van der Waals surface area contributed by atoms with Crippen LogP contribution < -0.4 is 0 Å². The van der Waals surface area contributed by atoms with Gasteiger partial charge in [-0.2, -0.15) is 0 Å². The molecule has 7 heteroatoms. The van der Waals surface area contributed by atoms with Crippen molar-refractivity contribution in [2.24, 2.45) is 0 Å². The molecule has 0 atom stereocenters. The molecule has 0 aliphatic heterocycles. The lowest BCUT2D eigenvalue weighted by atomic mass is 10.1. The third-order valence-corrected chi connectivity index (χ3v) is 2.91. The summed E-state index contributed by atoms with van der Waals surface area (Å²) >= 11 is 0. The molecule has 0 saturated heterocycles. The maximum atomic E-state index is 13.1. The van der Waals surface area contributed by atoms with Crippen LogP contribution in [0.1, 0.15) is 18.9 Å². The first kappa shape index (κ1) is 10.8. The van der Waals surface area contributed by atoms with Crippen LogP contribution in [0.3, 0.4) is 0 Å². The maximum absolute atomic E-state index is 13.1. The van der Waals surface area contributed by atoms with E-state index in [0.717, 1.165) is 18.9 Å². The van der Waals surface area contributed by atoms with Crippen molar-refractivity contribution in [2.45, 2.75) is 18.9 Å². The summed E-state index contributed by atoms with van der Waals surface area (Å²) in [6.45, 7) is 0. The summed E-state index contributed by atoms with van der Waals surface area (Å²) in [5, 5.41) is 18.6.